The Morgan fingerprint density at radius 2 is 1.83 bits per heavy atom. The summed E-state index contributed by atoms with van der Waals surface area (Å²) < 4.78 is 35.1. The molecule has 8 heteroatoms. The van der Waals surface area contributed by atoms with Crippen molar-refractivity contribution in [2.45, 2.75) is 70.4 Å². The van der Waals surface area contributed by atoms with Crippen LogP contribution in [-0.4, -0.2) is 46.6 Å². The molecule has 0 unspecified atom stereocenters. The molecular weight excluding hydrogens is 394 g/mol. The maximum atomic E-state index is 14.9. The predicted molar refractivity (Wildman–Crippen MR) is 107 cm³/mol. The van der Waals surface area contributed by atoms with E-state index < -0.39 is 35.5 Å². The molecule has 30 heavy (non-hydrogen) atoms. The van der Waals surface area contributed by atoms with Crippen LogP contribution in [0.25, 0.3) is 0 Å². The van der Waals surface area contributed by atoms with Crippen LogP contribution in [0.15, 0.2) is 18.2 Å². The molecule has 1 aliphatic carbocycles. The number of amides is 2. The van der Waals surface area contributed by atoms with Crippen molar-refractivity contribution >= 4 is 12.0 Å². The Balaban J connectivity index is 1.61. The second-order valence-corrected chi connectivity index (χ2v) is 9.13. The van der Waals surface area contributed by atoms with E-state index in [9.17, 15) is 23.5 Å². The molecule has 2 N–H and O–H groups in total. The third-order valence-electron chi connectivity index (χ3n) is 5.75. The van der Waals surface area contributed by atoms with E-state index in [1.54, 1.807) is 39.0 Å². The first-order valence-corrected chi connectivity index (χ1v) is 10.5. The van der Waals surface area contributed by atoms with Crippen molar-refractivity contribution in [3.63, 3.8) is 0 Å². The molecule has 0 bridgehead atoms. The maximum Gasteiger partial charge on any atom is 0.410 e. The van der Waals surface area contributed by atoms with Gasteiger partial charge in [-0.25, -0.2) is 4.79 Å². The predicted octanol–water partition coefficient (Wildman–Crippen LogP) is 4.17. The molecule has 0 saturated carbocycles. The van der Waals surface area contributed by atoms with Crippen molar-refractivity contribution in [1.29, 1.82) is 0 Å². The van der Waals surface area contributed by atoms with E-state index in [1.165, 1.54) is 4.90 Å². The van der Waals surface area contributed by atoms with Crippen LogP contribution >= 0.6 is 0 Å². The summed E-state index contributed by atoms with van der Waals surface area (Å²) in [4.78, 5) is 26.0. The van der Waals surface area contributed by atoms with Gasteiger partial charge in [0, 0.05) is 19.0 Å². The first kappa shape index (κ1) is 22.3. The number of phenols is 1. The molecule has 166 valence electrons. The lowest BCUT2D eigenvalue weighted by Crippen LogP contribution is -2.51. The minimum atomic E-state index is -3.53. The number of hydrogen-bond acceptors (Lipinski definition) is 4. The first-order chi connectivity index (χ1) is 14.0. The van der Waals surface area contributed by atoms with Gasteiger partial charge in [0.15, 0.2) is 0 Å². The fourth-order valence-electron chi connectivity index (χ4n) is 4.17. The van der Waals surface area contributed by atoms with E-state index in [0.717, 1.165) is 0 Å². The highest BCUT2D eigenvalue weighted by molar-refractivity contribution is 5.84. The number of benzene rings is 1. The summed E-state index contributed by atoms with van der Waals surface area (Å²) >= 11 is 0. The van der Waals surface area contributed by atoms with Crippen LogP contribution in [0.4, 0.5) is 13.6 Å². The van der Waals surface area contributed by atoms with Gasteiger partial charge in [-0.15, -0.1) is 0 Å². The highest BCUT2D eigenvalue weighted by Gasteiger charge is 2.49. The van der Waals surface area contributed by atoms with Gasteiger partial charge in [0.2, 0.25) is 0 Å². The Morgan fingerprint density at radius 3 is 2.47 bits per heavy atom. The van der Waals surface area contributed by atoms with Gasteiger partial charge < -0.3 is 20.1 Å². The van der Waals surface area contributed by atoms with Gasteiger partial charge in [-0.05, 0) is 70.1 Å². The zero-order chi connectivity index (χ0) is 22.1. The normalized spacial score (nSPS) is 20.4. The Bertz CT molecular complexity index is 799. The minimum absolute atomic E-state index is 0.0295. The van der Waals surface area contributed by atoms with Crippen LogP contribution in [0.2, 0.25) is 0 Å². The number of rotatable bonds is 3. The maximum absolute atomic E-state index is 14.9. The Hall–Kier alpha value is -2.38. The standard InChI is InChI=1S/C22H30F2N2O4/c1-21(2,3)30-20(29)26-12-10-14(11-13-26)22(23,24)19(28)25-17-8-4-7-16-15(17)6-5-9-18(16)27/h5-6,9,14,17,27H,4,7-8,10-13H2,1-3H3,(H,25,28)/t17-/m1/s1. The van der Waals surface area contributed by atoms with Gasteiger partial charge in [-0.3, -0.25) is 4.79 Å². The van der Waals surface area contributed by atoms with Gasteiger partial charge in [-0.1, -0.05) is 12.1 Å². The molecule has 2 aliphatic rings. The molecule has 1 atom stereocenters. The van der Waals surface area contributed by atoms with Crippen molar-refractivity contribution in [2.24, 2.45) is 5.92 Å². The summed E-state index contributed by atoms with van der Waals surface area (Å²) in [7, 11) is 0. The first-order valence-electron chi connectivity index (χ1n) is 10.5. The van der Waals surface area contributed by atoms with Crippen molar-refractivity contribution in [1.82, 2.24) is 10.2 Å². The van der Waals surface area contributed by atoms with Crippen LogP contribution < -0.4 is 5.32 Å². The van der Waals surface area contributed by atoms with Crippen molar-refractivity contribution in [3.8, 4) is 5.75 Å². The van der Waals surface area contributed by atoms with Crippen LogP contribution in [-0.2, 0) is 16.0 Å². The molecule has 1 fully saturated rings. The lowest BCUT2D eigenvalue weighted by atomic mass is 9.86. The summed E-state index contributed by atoms with van der Waals surface area (Å²) in [6.45, 7) is 5.50. The third-order valence-corrected chi connectivity index (χ3v) is 5.75. The number of carbonyl (C=O) groups excluding carboxylic acids is 2. The molecule has 0 radical (unpaired) electrons. The number of carbonyl (C=O) groups is 2. The van der Waals surface area contributed by atoms with Gasteiger partial charge in [0.1, 0.15) is 11.4 Å². The number of phenolic OH excluding ortho intramolecular Hbond substituents is 1. The summed E-state index contributed by atoms with van der Waals surface area (Å²) in [6.07, 6.45) is 1.45. The van der Waals surface area contributed by atoms with Gasteiger partial charge in [0.25, 0.3) is 5.91 Å². The molecule has 3 rings (SSSR count). The number of likely N-dealkylation sites (tertiary alicyclic amines) is 1. The molecule has 1 aromatic carbocycles. The fraction of sp³-hybridized carbons (Fsp3) is 0.636. The number of fused-ring (bicyclic) bond motifs is 1. The van der Waals surface area contributed by atoms with Crippen LogP contribution in [0.3, 0.4) is 0 Å². The van der Waals surface area contributed by atoms with E-state index in [-0.39, 0.29) is 31.7 Å². The molecule has 6 nitrogen and oxygen atoms in total. The van der Waals surface area contributed by atoms with Crippen LogP contribution in [0.5, 0.6) is 5.75 Å². The fourth-order valence-corrected chi connectivity index (χ4v) is 4.17. The van der Waals surface area contributed by atoms with E-state index in [2.05, 4.69) is 5.32 Å². The van der Waals surface area contributed by atoms with Gasteiger partial charge in [-0.2, -0.15) is 8.78 Å². The number of hydrogen-bond donors (Lipinski definition) is 2. The Morgan fingerprint density at radius 1 is 1.17 bits per heavy atom. The van der Waals surface area contributed by atoms with Crippen LogP contribution in [0, 0.1) is 5.92 Å². The quantitative estimate of drug-likeness (QED) is 0.763. The van der Waals surface area contributed by atoms with Crippen LogP contribution in [0.1, 0.15) is 63.6 Å². The highest BCUT2D eigenvalue weighted by atomic mass is 19.3. The molecule has 0 aromatic heterocycles. The third kappa shape index (κ3) is 4.84. The molecule has 1 heterocycles. The second kappa shape index (κ2) is 8.40. The largest absolute Gasteiger partial charge is 0.508 e. The van der Waals surface area contributed by atoms with Crippen molar-refractivity contribution in [3.05, 3.63) is 29.3 Å². The highest BCUT2D eigenvalue weighted by Crippen LogP contribution is 2.38. The molecular formula is C22H30F2N2O4. The topological polar surface area (TPSA) is 78.9 Å². The average molecular weight is 424 g/mol. The summed E-state index contributed by atoms with van der Waals surface area (Å²) in [5, 5.41) is 12.5. The Labute approximate surface area is 175 Å². The minimum Gasteiger partial charge on any atom is -0.508 e. The van der Waals surface area contributed by atoms with Crippen molar-refractivity contribution in [2.75, 3.05) is 13.1 Å². The zero-order valence-electron chi connectivity index (χ0n) is 17.7. The molecule has 2 amide bonds. The van der Waals surface area contributed by atoms with Gasteiger partial charge in [0.05, 0.1) is 6.04 Å². The second-order valence-electron chi connectivity index (χ2n) is 9.13. The van der Waals surface area contributed by atoms with E-state index in [0.29, 0.717) is 30.4 Å². The van der Waals surface area contributed by atoms with Gasteiger partial charge >= 0.3 is 12.0 Å². The average Bonchev–Trinajstić information content (AvgIpc) is 2.67. The van der Waals surface area contributed by atoms with E-state index in [1.807, 2.05) is 0 Å². The summed E-state index contributed by atoms with van der Waals surface area (Å²) in [6, 6.07) is 4.44. The lowest BCUT2D eigenvalue weighted by molar-refractivity contribution is -0.157. The monoisotopic (exact) mass is 424 g/mol. The number of alkyl halides is 2. The number of nitrogens with one attached hydrogen (secondary N) is 1. The molecule has 0 spiro atoms. The zero-order valence-corrected chi connectivity index (χ0v) is 17.7. The SMILES string of the molecule is CC(C)(C)OC(=O)N1CCC(C(F)(F)C(=O)N[C@@H]2CCCc3c(O)cccc32)CC1. The summed E-state index contributed by atoms with van der Waals surface area (Å²) in [5.41, 5.74) is 0.760. The smallest absolute Gasteiger partial charge is 0.410 e. The summed E-state index contributed by atoms with van der Waals surface area (Å²) in [5.74, 6) is -5.83. The van der Waals surface area contributed by atoms with Crippen molar-refractivity contribution < 1.29 is 28.2 Å². The number of aromatic hydroxyl groups is 1. The lowest BCUT2D eigenvalue weighted by Gasteiger charge is -2.36. The molecule has 1 aliphatic heterocycles. The number of halogens is 2. The number of nitrogens with zero attached hydrogens (tertiary/aromatic N) is 1. The number of piperidine rings is 1. The Kier molecular flexibility index (Phi) is 6.24. The molecule has 1 saturated heterocycles. The van der Waals surface area contributed by atoms with E-state index >= 15 is 0 Å². The number of ether oxygens (including phenoxy) is 1. The van der Waals surface area contributed by atoms with E-state index in [4.69, 9.17) is 4.74 Å². The molecule has 1 aromatic rings.